The first kappa shape index (κ1) is 19.2. The maximum absolute atomic E-state index is 12.2. The second-order valence-electron chi connectivity index (χ2n) is 5.90. The highest BCUT2D eigenvalue weighted by atomic mass is 35.5. The van der Waals surface area contributed by atoms with Gasteiger partial charge in [-0.2, -0.15) is 0 Å². The van der Waals surface area contributed by atoms with E-state index in [9.17, 15) is 4.79 Å². The van der Waals surface area contributed by atoms with Crippen molar-refractivity contribution in [3.8, 4) is 5.75 Å². The van der Waals surface area contributed by atoms with E-state index in [1.165, 1.54) is 0 Å². The van der Waals surface area contributed by atoms with Crippen molar-refractivity contribution in [1.29, 1.82) is 0 Å². The van der Waals surface area contributed by atoms with E-state index in [0.717, 1.165) is 50.6 Å². The summed E-state index contributed by atoms with van der Waals surface area (Å²) < 4.78 is 5.54. The Labute approximate surface area is 155 Å². The van der Waals surface area contributed by atoms with E-state index in [0.29, 0.717) is 0 Å². The number of nitrogens with zero attached hydrogens (tertiary/aromatic N) is 3. The molecule has 1 saturated heterocycles. The Hall–Kier alpha value is -2.11. The highest BCUT2D eigenvalue weighted by molar-refractivity contribution is 5.85. The zero-order chi connectivity index (χ0) is 16.6. The van der Waals surface area contributed by atoms with Gasteiger partial charge < -0.3 is 9.64 Å². The zero-order valence-electron chi connectivity index (χ0n) is 14.2. The molecule has 2 heterocycles. The summed E-state index contributed by atoms with van der Waals surface area (Å²) in [6, 6.07) is 15.5. The van der Waals surface area contributed by atoms with Gasteiger partial charge in [0.05, 0.1) is 0 Å². The minimum atomic E-state index is 0. The average molecular weight is 362 g/mol. The number of amides is 1. The van der Waals surface area contributed by atoms with Gasteiger partial charge in [0.25, 0.3) is 5.91 Å². The summed E-state index contributed by atoms with van der Waals surface area (Å²) in [4.78, 5) is 20.9. The van der Waals surface area contributed by atoms with E-state index in [4.69, 9.17) is 4.74 Å². The van der Waals surface area contributed by atoms with Gasteiger partial charge in [0.1, 0.15) is 5.75 Å². The molecule has 0 bridgehead atoms. The van der Waals surface area contributed by atoms with Crippen molar-refractivity contribution in [3.63, 3.8) is 0 Å². The lowest BCUT2D eigenvalue weighted by atomic mass is 10.2. The van der Waals surface area contributed by atoms with Crippen molar-refractivity contribution in [2.45, 2.75) is 6.42 Å². The molecule has 0 unspecified atom stereocenters. The number of aromatic nitrogens is 1. The Balaban J connectivity index is 0.00000225. The first-order valence-corrected chi connectivity index (χ1v) is 8.39. The molecule has 5 nitrogen and oxygen atoms in total. The normalized spacial score (nSPS) is 14.6. The summed E-state index contributed by atoms with van der Waals surface area (Å²) in [5, 5.41) is 0. The van der Waals surface area contributed by atoms with Gasteiger partial charge in [0.2, 0.25) is 0 Å². The fourth-order valence-electron chi connectivity index (χ4n) is 2.79. The number of benzene rings is 1. The predicted octanol–water partition coefficient (Wildman–Crippen LogP) is 2.27. The number of piperazine rings is 1. The summed E-state index contributed by atoms with van der Waals surface area (Å²) in [6.45, 7) is 4.43. The molecule has 25 heavy (non-hydrogen) atoms. The van der Waals surface area contributed by atoms with Gasteiger partial charge in [-0.1, -0.05) is 24.3 Å². The molecular formula is C19H24ClN3O2. The smallest absolute Gasteiger partial charge is 0.260 e. The van der Waals surface area contributed by atoms with Crippen molar-refractivity contribution in [2.24, 2.45) is 0 Å². The third-order valence-electron chi connectivity index (χ3n) is 4.24. The van der Waals surface area contributed by atoms with Crippen molar-refractivity contribution < 1.29 is 9.53 Å². The van der Waals surface area contributed by atoms with E-state index in [1.54, 1.807) is 0 Å². The lowest BCUT2D eigenvalue weighted by molar-refractivity contribution is -0.135. The molecule has 3 rings (SSSR count). The van der Waals surface area contributed by atoms with Crippen LogP contribution in [0, 0.1) is 0 Å². The van der Waals surface area contributed by atoms with Crippen LogP contribution in [0.15, 0.2) is 54.7 Å². The van der Waals surface area contributed by atoms with Gasteiger partial charge in [0.15, 0.2) is 6.61 Å². The molecule has 2 aromatic rings. The molecule has 1 aromatic carbocycles. The third-order valence-corrected chi connectivity index (χ3v) is 4.24. The van der Waals surface area contributed by atoms with Crippen molar-refractivity contribution >= 4 is 18.3 Å². The van der Waals surface area contributed by atoms with Crippen LogP contribution in [-0.4, -0.2) is 60.0 Å². The van der Waals surface area contributed by atoms with Crippen LogP contribution in [0.1, 0.15) is 5.69 Å². The minimum absolute atomic E-state index is 0. The molecule has 1 amide bonds. The summed E-state index contributed by atoms with van der Waals surface area (Å²) in [7, 11) is 0. The molecule has 1 fully saturated rings. The molecule has 6 heteroatoms. The van der Waals surface area contributed by atoms with Crippen LogP contribution in [0.2, 0.25) is 0 Å². The SMILES string of the molecule is Cl.O=C(COc1ccccc1)N1CCN(CCc2ccccn2)CC1. The topological polar surface area (TPSA) is 45.7 Å². The van der Waals surface area contributed by atoms with Gasteiger partial charge in [-0.3, -0.25) is 14.7 Å². The first-order chi connectivity index (χ1) is 11.8. The number of hydrogen-bond donors (Lipinski definition) is 0. The van der Waals surface area contributed by atoms with Crippen LogP contribution in [0.4, 0.5) is 0 Å². The number of rotatable bonds is 6. The molecule has 0 N–H and O–H groups in total. The first-order valence-electron chi connectivity index (χ1n) is 8.39. The largest absolute Gasteiger partial charge is 0.484 e. The Morgan fingerprint density at radius 2 is 1.72 bits per heavy atom. The number of para-hydroxylation sites is 1. The zero-order valence-corrected chi connectivity index (χ0v) is 15.0. The highest BCUT2D eigenvalue weighted by Gasteiger charge is 2.21. The maximum atomic E-state index is 12.2. The Morgan fingerprint density at radius 1 is 1.00 bits per heavy atom. The summed E-state index contributed by atoms with van der Waals surface area (Å²) in [6.07, 6.45) is 2.78. The summed E-state index contributed by atoms with van der Waals surface area (Å²) in [5.41, 5.74) is 1.12. The number of carbonyl (C=O) groups is 1. The summed E-state index contributed by atoms with van der Waals surface area (Å²) >= 11 is 0. The van der Waals surface area contributed by atoms with Crippen LogP contribution >= 0.6 is 12.4 Å². The molecule has 0 saturated carbocycles. The quantitative estimate of drug-likeness (QED) is 0.791. The summed E-state index contributed by atoms with van der Waals surface area (Å²) in [5.74, 6) is 0.795. The lowest BCUT2D eigenvalue weighted by Crippen LogP contribution is -2.50. The van der Waals surface area contributed by atoms with Crippen LogP contribution in [0.5, 0.6) is 5.75 Å². The number of hydrogen-bond acceptors (Lipinski definition) is 4. The number of halogens is 1. The molecule has 1 aliphatic rings. The van der Waals surface area contributed by atoms with Gasteiger partial charge in [-0.15, -0.1) is 12.4 Å². The van der Waals surface area contributed by atoms with E-state index >= 15 is 0 Å². The monoisotopic (exact) mass is 361 g/mol. The molecule has 0 radical (unpaired) electrons. The maximum Gasteiger partial charge on any atom is 0.260 e. The molecule has 0 spiro atoms. The Bertz CT molecular complexity index is 632. The van der Waals surface area contributed by atoms with Crippen molar-refractivity contribution in [3.05, 3.63) is 60.4 Å². The van der Waals surface area contributed by atoms with Crippen LogP contribution in [-0.2, 0) is 11.2 Å². The fraction of sp³-hybridized carbons (Fsp3) is 0.368. The minimum Gasteiger partial charge on any atom is -0.484 e. The molecule has 134 valence electrons. The number of pyridine rings is 1. The molecule has 1 aliphatic heterocycles. The molecule has 0 atom stereocenters. The van der Waals surface area contributed by atoms with Crippen molar-refractivity contribution in [1.82, 2.24) is 14.8 Å². The fourth-order valence-corrected chi connectivity index (χ4v) is 2.79. The van der Waals surface area contributed by atoms with Gasteiger partial charge in [0, 0.05) is 51.0 Å². The Morgan fingerprint density at radius 3 is 2.40 bits per heavy atom. The van der Waals surface area contributed by atoms with E-state index in [-0.39, 0.29) is 24.9 Å². The predicted molar refractivity (Wildman–Crippen MR) is 100 cm³/mol. The average Bonchev–Trinajstić information content (AvgIpc) is 2.66. The van der Waals surface area contributed by atoms with Crippen LogP contribution in [0.25, 0.3) is 0 Å². The second-order valence-corrected chi connectivity index (χ2v) is 5.90. The van der Waals surface area contributed by atoms with Crippen molar-refractivity contribution in [2.75, 3.05) is 39.3 Å². The Kier molecular flexibility index (Phi) is 7.70. The molecular weight excluding hydrogens is 338 g/mol. The standard InChI is InChI=1S/C19H23N3O2.ClH/c23-19(16-24-18-7-2-1-3-8-18)22-14-12-21(13-15-22)11-9-17-6-4-5-10-20-17;/h1-8,10H,9,11-16H2;1H. The van der Waals surface area contributed by atoms with Gasteiger partial charge >= 0.3 is 0 Å². The van der Waals surface area contributed by atoms with Crippen LogP contribution in [0.3, 0.4) is 0 Å². The van der Waals surface area contributed by atoms with Gasteiger partial charge in [-0.05, 0) is 24.3 Å². The van der Waals surface area contributed by atoms with E-state index in [2.05, 4.69) is 16.0 Å². The van der Waals surface area contributed by atoms with E-state index in [1.807, 2.05) is 53.6 Å². The number of carbonyl (C=O) groups excluding carboxylic acids is 1. The second kappa shape index (κ2) is 10.0. The highest BCUT2D eigenvalue weighted by Crippen LogP contribution is 2.09. The van der Waals surface area contributed by atoms with Gasteiger partial charge in [-0.25, -0.2) is 0 Å². The molecule has 0 aliphatic carbocycles. The number of ether oxygens (including phenoxy) is 1. The lowest BCUT2D eigenvalue weighted by Gasteiger charge is -2.34. The third kappa shape index (κ3) is 6.03. The van der Waals surface area contributed by atoms with Crippen LogP contribution < -0.4 is 4.74 Å². The van der Waals surface area contributed by atoms with E-state index < -0.39 is 0 Å². The molecule has 1 aromatic heterocycles.